The highest BCUT2D eigenvalue weighted by molar-refractivity contribution is 6.30. The fourth-order valence-electron chi connectivity index (χ4n) is 1.14. The van der Waals surface area contributed by atoms with E-state index < -0.39 is 12.3 Å². The standard InChI is InChI=1S/C9H12ClF3N2O/c1-5-7(8(10)15(3)14-5)4-16-6(2)9(11,12)13/h6H,4H2,1-3H3. The van der Waals surface area contributed by atoms with E-state index in [1.54, 1.807) is 14.0 Å². The molecule has 0 fully saturated rings. The van der Waals surface area contributed by atoms with Crippen molar-refractivity contribution in [3.8, 4) is 0 Å². The highest BCUT2D eigenvalue weighted by Crippen LogP contribution is 2.25. The van der Waals surface area contributed by atoms with Gasteiger partial charge in [-0.25, -0.2) is 0 Å². The molecule has 0 radical (unpaired) electrons. The van der Waals surface area contributed by atoms with Crippen molar-refractivity contribution >= 4 is 11.6 Å². The van der Waals surface area contributed by atoms with Crippen molar-refractivity contribution in [1.82, 2.24) is 9.78 Å². The van der Waals surface area contributed by atoms with Gasteiger partial charge in [0.25, 0.3) is 0 Å². The monoisotopic (exact) mass is 256 g/mol. The largest absolute Gasteiger partial charge is 0.414 e. The van der Waals surface area contributed by atoms with E-state index in [2.05, 4.69) is 5.10 Å². The van der Waals surface area contributed by atoms with Crippen LogP contribution >= 0.6 is 11.6 Å². The highest BCUT2D eigenvalue weighted by Gasteiger charge is 2.37. The molecule has 0 aliphatic carbocycles. The van der Waals surface area contributed by atoms with Crippen LogP contribution in [0.3, 0.4) is 0 Å². The van der Waals surface area contributed by atoms with Gasteiger partial charge < -0.3 is 4.74 Å². The van der Waals surface area contributed by atoms with Crippen molar-refractivity contribution < 1.29 is 17.9 Å². The van der Waals surface area contributed by atoms with Crippen LogP contribution in [-0.4, -0.2) is 22.1 Å². The second kappa shape index (κ2) is 4.63. The third kappa shape index (κ3) is 2.89. The normalized spacial score (nSPS) is 14.2. The van der Waals surface area contributed by atoms with Crippen molar-refractivity contribution in [2.75, 3.05) is 0 Å². The van der Waals surface area contributed by atoms with Gasteiger partial charge in [-0.2, -0.15) is 18.3 Å². The molecular formula is C9H12ClF3N2O. The number of hydrogen-bond donors (Lipinski definition) is 0. The molecule has 1 heterocycles. The Bertz CT molecular complexity index is 376. The summed E-state index contributed by atoms with van der Waals surface area (Å²) in [6.07, 6.45) is -6.18. The number of nitrogens with zero attached hydrogens (tertiary/aromatic N) is 2. The van der Waals surface area contributed by atoms with Gasteiger partial charge in [0, 0.05) is 12.6 Å². The maximum absolute atomic E-state index is 12.2. The Morgan fingerprint density at radius 2 is 2.06 bits per heavy atom. The second-order valence-electron chi connectivity index (χ2n) is 3.47. The highest BCUT2D eigenvalue weighted by atomic mass is 35.5. The SMILES string of the molecule is Cc1nn(C)c(Cl)c1COC(C)C(F)(F)F. The fourth-order valence-corrected chi connectivity index (χ4v) is 1.37. The zero-order chi connectivity index (χ0) is 12.5. The van der Waals surface area contributed by atoms with Crippen LogP contribution in [0, 0.1) is 6.92 Å². The minimum absolute atomic E-state index is 0.195. The molecule has 0 N–H and O–H groups in total. The minimum atomic E-state index is -4.36. The predicted molar refractivity (Wildman–Crippen MR) is 53.3 cm³/mol. The Morgan fingerprint density at radius 3 is 2.44 bits per heavy atom. The van der Waals surface area contributed by atoms with Crippen LogP contribution in [0.5, 0.6) is 0 Å². The number of hydrogen-bond acceptors (Lipinski definition) is 2. The van der Waals surface area contributed by atoms with Crippen LogP contribution in [0.25, 0.3) is 0 Å². The molecule has 0 saturated carbocycles. The summed E-state index contributed by atoms with van der Waals surface area (Å²) >= 11 is 5.85. The summed E-state index contributed by atoms with van der Waals surface area (Å²) < 4.78 is 42.6. The molecule has 1 unspecified atom stereocenters. The number of rotatable bonds is 3. The molecule has 1 aromatic heterocycles. The third-order valence-corrected chi connectivity index (χ3v) is 2.68. The van der Waals surface area contributed by atoms with E-state index in [-0.39, 0.29) is 6.61 Å². The topological polar surface area (TPSA) is 27.1 Å². The van der Waals surface area contributed by atoms with Crippen molar-refractivity contribution in [3.05, 3.63) is 16.4 Å². The van der Waals surface area contributed by atoms with Gasteiger partial charge in [0.2, 0.25) is 0 Å². The first-order valence-corrected chi connectivity index (χ1v) is 4.97. The Balaban J connectivity index is 2.68. The molecule has 0 aliphatic rings. The number of aryl methyl sites for hydroxylation is 2. The molecule has 3 nitrogen and oxygen atoms in total. The van der Waals surface area contributed by atoms with E-state index >= 15 is 0 Å². The zero-order valence-corrected chi connectivity index (χ0v) is 9.85. The van der Waals surface area contributed by atoms with Crippen LogP contribution in [0.4, 0.5) is 13.2 Å². The Morgan fingerprint density at radius 1 is 1.50 bits per heavy atom. The Kier molecular flexibility index (Phi) is 3.85. The molecule has 1 atom stereocenters. The molecule has 0 aromatic carbocycles. The van der Waals surface area contributed by atoms with E-state index in [4.69, 9.17) is 16.3 Å². The molecular weight excluding hydrogens is 245 g/mol. The summed E-state index contributed by atoms with van der Waals surface area (Å²) in [6.45, 7) is 2.43. The quantitative estimate of drug-likeness (QED) is 0.832. The molecule has 16 heavy (non-hydrogen) atoms. The molecule has 0 saturated heterocycles. The molecule has 1 rings (SSSR count). The van der Waals surface area contributed by atoms with Gasteiger partial charge in [-0.15, -0.1) is 0 Å². The number of halogens is 4. The average Bonchev–Trinajstić information content (AvgIpc) is 2.37. The molecule has 1 aromatic rings. The molecule has 0 spiro atoms. The maximum atomic E-state index is 12.2. The van der Waals surface area contributed by atoms with E-state index in [1.165, 1.54) is 4.68 Å². The van der Waals surface area contributed by atoms with Gasteiger partial charge in [0.15, 0.2) is 6.10 Å². The zero-order valence-electron chi connectivity index (χ0n) is 9.10. The third-order valence-electron chi connectivity index (χ3n) is 2.21. The van der Waals surface area contributed by atoms with E-state index in [0.29, 0.717) is 16.4 Å². The first kappa shape index (κ1) is 13.3. The molecule has 0 bridgehead atoms. The smallest absolute Gasteiger partial charge is 0.364 e. The van der Waals surface area contributed by atoms with Gasteiger partial charge in [0.1, 0.15) is 5.15 Å². The van der Waals surface area contributed by atoms with Crippen molar-refractivity contribution in [3.63, 3.8) is 0 Å². The van der Waals surface area contributed by atoms with E-state index in [1.807, 2.05) is 0 Å². The van der Waals surface area contributed by atoms with Gasteiger partial charge in [-0.3, -0.25) is 4.68 Å². The lowest BCUT2D eigenvalue weighted by atomic mass is 10.3. The van der Waals surface area contributed by atoms with Crippen LogP contribution in [-0.2, 0) is 18.4 Å². The predicted octanol–water partition coefficient (Wildman–Crippen LogP) is 2.85. The second-order valence-corrected chi connectivity index (χ2v) is 3.83. The van der Waals surface area contributed by atoms with Crippen LogP contribution in [0.15, 0.2) is 0 Å². The summed E-state index contributed by atoms with van der Waals surface area (Å²) in [4.78, 5) is 0. The fraction of sp³-hybridized carbons (Fsp3) is 0.667. The lowest BCUT2D eigenvalue weighted by Gasteiger charge is -2.16. The van der Waals surface area contributed by atoms with Gasteiger partial charge in [0.05, 0.1) is 12.3 Å². The molecule has 92 valence electrons. The summed E-state index contributed by atoms with van der Waals surface area (Å²) in [6, 6.07) is 0. The van der Waals surface area contributed by atoms with Gasteiger partial charge >= 0.3 is 6.18 Å². The lowest BCUT2D eigenvalue weighted by Crippen LogP contribution is -2.28. The number of aromatic nitrogens is 2. The molecule has 0 amide bonds. The van der Waals surface area contributed by atoms with Crippen molar-refractivity contribution in [2.45, 2.75) is 32.7 Å². The van der Waals surface area contributed by atoms with Crippen molar-refractivity contribution in [1.29, 1.82) is 0 Å². The summed E-state index contributed by atoms with van der Waals surface area (Å²) in [5.74, 6) is 0. The first-order chi connectivity index (χ1) is 7.23. The minimum Gasteiger partial charge on any atom is -0.364 e. The van der Waals surface area contributed by atoms with Gasteiger partial charge in [-0.1, -0.05) is 11.6 Å². The van der Waals surface area contributed by atoms with Crippen LogP contribution < -0.4 is 0 Å². The first-order valence-electron chi connectivity index (χ1n) is 4.59. The molecule has 0 aliphatic heterocycles. The lowest BCUT2D eigenvalue weighted by molar-refractivity contribution is -0.217. The summed E-state index contributed by atoms with van der Waals surface area (Å²) in [5, 5.41) is 4.27. The van der Waals surface area contributed by atoms with Crippen LogP contribution in [0.2, 0.25) is 5.15 Å². The van der Waals surface area contributed by atoms with E-state index in [9.17, 15) is 13.2 Å². The summed E-state index contributed by atoms with van der Waals surface area (Å²) in [7, 11) is 1.62. The number of ether oxygens (including phenoxy) is 1. The Hall–Kier alpha value is -0.750. The number of alkyl halides is 3. The maximum Gasteiger partial charge on any atom is 0.414 e. The van der Waals surface area contributed by atoms with Gasteiger partial charge in [-0.05, 0) is 13.8 Å². The van der Waals surface area contributed by atoms with Crippen LogP contribution in [0.1, 0.15) is 18.2 Å². The summed E-state index contributed by atoms with van der Waals surface area (Å²) in [5.41, 5.74) is 1.06. The van der Waals surface area contributed by atoms with E-state index in [0.717, 1.165) is 6.92 Å². The van der Waals surface area contributed by atoms with Crippen molar-refractivity contribution in [2.24, 2.45) is 7.05 Å². The molecule has 7 heteroatoms. The Labute approximate surface area is 96.1 Å². The average molecular weight is 257 g/mol.